The molecule has 2 rings (SSSR count). The van der Waals surface area contributed by atoms with Crippen LogP contribution < -0.4 is 10.9 Å². The van der Waals surface area contributed by atoms with Crippen LogP contribution in [0.4, 0.5) is 24.5 Å². The number of halogens is 3. The van der Waals surface area contributed by atoms with Crippen molar-refractivity contribution >= 4 is 23.4 Å². The molecule has 126 valence electrons. The van der Waals surface area contributed by atoms with Gasteiger partial charge in [-0.3, -0.25) is 10.4 Å². The largest absolute Gasteiger partial charge is 0.466 e. The molecule has 0 aliphatic rings. The molecule has 1 aromatic carbocycles. The smallest absolute Gasteiger partial charge is 0.416 e. The van der Waals surface area contributed by atoms with E-state index in [0.717, 1.165) is 12.1 Å². The molecule has 0 aliphatic carbocycles. The van der Waals surface area contributed by atoms with Crippen molar-refractivity contribution in [1.29, 1.82) is 0 Å². The molecule has 2 N–H and O–H groups in total. The van der Waals surface area contributed by atoms with Crippen molar-refractivity contribution in [3.63, 3.8) is 0 Å². The van der Waals surface area contributed by atoms with Crippen molar-refractivity contribution in [2.45, 2.75) is 6.18 Å². The van der Waals surface area contributed by atoms with Gasteiger partial charge in [0, 0.05) is 17.8 Å². The Morgan fingerprint density at radius 1 is 1.25 bits per heavy atom. The van der Waals surface area contributed by atoms with Crippen molar-refractivity contribution in [2.24, 2.45) is 0 Å². The predicted molar refractivity (Wildman–Crippen MR) is 84.0 cm³/mol. The number of hydrogen-bond donors (Lipinski definition) is 2. The van der Waals surface area contributed by atoms with Gasteiger partial charge < -0.3 is 10.2 Å². The lowest BCUT2D eigenvalue weighted by Gasteiger charge is -2.13. The van der Waals surface area contributed by atoms with Gasteiger partial charge in [-0.15, -0.1) is 0 Å². The third-order valence-electron chi connectivity index (χ3n) is 2.99. The first-order valence-corrected chi connectivity index (χ1v) is 6.79. The molecule has 0 bridgehead atoms. The van der Waals surface area contributed by atoms with Crippen molar-refractivity contribution in [1.82, 2.24) is 4.98 Å². The van der Waals surface area contributed by atoms with Gasteiger partial charge >= 0.3 is 12.1 Å². The number of esters is 1. The number of benzene rings is 1. The highest BCUT2D eigenvalue weighted by Crippen LogP contribution is 2.30. The molecule has 1 heterocycles. The summed E-state index contributed by atoms with van der Waals surface area (Å²) >= 11 is 0. The van der Waals surface area contributed by atoms with Crippen LogP contribution in [0.25, 0.3) is 6.08 Å². The molecule has 2 aromatic rings. The van der Waals surface area contributed by atoms with E-state index in [0.29, 0.717) is 11.3 Å². The maximum atomic E-state index is 12.7. The summed E-state index contributed by atoms with van der Waals surface area (Å²) in [7, 11) is 1.26. The summed E-state index contributed by atoms with van der Waals surface area (Å²) in [6.07, 6.45) is 1.30. The lowest BCUT2D eigenvalue weighted by molar-refractivity contribution is -0.137. The fraction of sp³-hybridized carbons (Fsp3) is 0.125. The number of nitrogens with zero attached hydrogens (tertiary/aromatic N) is 1. The minimum Gasteiger partial charge on any atom is -0.466 e. The second kappa shape index (κ2) is 7.49. The zero-order chi connectivity index (χ0) is 17.6. The summed E-state index contributed by atoms with van der Waals surface area (Å²) < 4.78 is 42.6. The monoisotopic (exact) mass is 337 g/mol. The molecular formula is C16H14F3N3O2. The fourth-order valence-electron chi connectivity index (χ4n) is 1.79. The van der Waals surface area contributed by atoms with Crippen LogP contribution in [0.3, 0.4) is 0 Å². The van der Waals surface area contributed by atoms with Crippen LogP contribution in [0.5, 0.6) is 0 Å². The Hall–Kier alpha value is -3.03. The summed E-state index contributed by atoms with van der Waals surface area (Å²) in [6, 6.07) is 6.39. The van der Waals surface area contributed by atoms with E-state index in [2.05, 4.69) is 20.6 Å². The third kappa shape index (κ3) is 4.73. The molecular weight excluding hydrogens is 323 g/mol. The number of pyridine rings is 1. The first kappa shape index (κ1) is 17.3. The third-order valence-corrected chi connectivity index (χ3v) is 2.99. The number of ether oxygens (including phenoxy) is 1. The van der Waals surface area contributed by atoms with E-state index in [1.165, 1.54) is 43.8 Å². The second-order valence-corrected chi connectivity index (χ2v) is 4.65. The highest BCUT2D eigenvalue weighted by atomic mass is 19.4. The summed E-state index contributed by atoms with van der Waals surface area (Å²) in [5.41, 5.74) is 6.00. The van der Waals surface area contributed by atoms with E-state index >= 15 is 0 Å². The number of hydrogen-bond acceptors (Lipinski definition) is 5. The van der Waals surface area contributed by atoms with Gasteiger partial charge in [0.05, 0.1) is 30.2 Å². The first-order chi connectivity index (χ1) is 11.4. The van der Waals surface area contributed by atoms with E-state index in [1.54, 1.807) is 6.07 Å². The van der Waals surface area contributed by atoms with Crippen molar-refractivity contribution in [3.8, 4) is 0 Å². The highest BCUT2D eigenvalue weighted by Gasteiger charge is 2.30. The van der Waals surface area contributed by atoms with Gasteiger partial charge in [-0.1, -0.05) is 6.07 Å². The van der Waals surface area contributed by atoms with Crippen LogP contribution in [0.1, 0.15) is 11.1 Å². The minimum absolute atomic E-state index is 0.233. The molecule has 8 heteroatoms. The van der Waals surface area contributed by atoms with Crippen LogP contribution in [0.15, 0.2) is 48.8 Å². The molecule has 5 nitrogen and oxygen atoms in total. The Morgan fingerprint density at radius 2 is 2.04 bits per heavy atom. The Bertz CT molecular complexity index is 745. The summed E-state index contributed by atoms with van der Waals surface area (Å²) in [5.74, 6) is -0.524. The Morgan fingerprint density at radius 3 is 2.75 bits per heavy atom. The predicted octanol–water partition coefficient (Wildman–Crippen LogP) is 3.73. The van der Waals surface area contributed by atoms with Crippen LogP contribution in [-0.4, -0.2) is 18.1 Å². The number of aromatic nitrogens is 1. The van der Waals surface area contributed by atoms with E-state index in [4.69, 9.17) is 0 Å². The van der Waals surface area contributed by atoms with Crippen molar-refractivity contribution in [3.05, 3.63) is 59.9 Å². The number of carbonyl (C=O) groups is 1. The number of hydrazine groups is 1. The van der Waals surface area contributed by atoms with Crippen LogP contribution in [0, 0.1) is 0 Å². The Kier molecular flexibility index (Phi) is 5.41. The van der Waals surface area contributed by atoms with E-state index in [9.17, 15) is 18.0 Å². The zero-order valence-electron chi connectivity index (χ0n) is 12.6. The molecule has 0 spiro atoms. The number of rotatable bonds is 5. The molecule has 0 aliphatic heterocycles. The fourth-order valence-corrected chi connectivity index (χ4v) is 1.79. The maximum Gasteiger partial charge on any atom is 0.416 e. The molecule has 0 amide bonds. The lowest BCUT2D eigenvalue weighted by atomic mass is 10.2. The Balaban J connectivity index is 2.13. The topological polar surface area (TPSA) is 63.2 Å². The molecule has 0 radical (unpaired) electrons. The number of anilines is 2. The van der Waals surface area contributed by atoms with Gasteiger partial charge in [0.1, 0.15) is 0 Å². The van der Waals surface area contributed by atoms with E-state index in [1.807, 2.05) is 0 Å². The molecule has 0 unspecified atom stereocenters. The molecule has 0 atom stereocenters. The van der Waals surface area contributed by atoms with E-state index in [-0.39, 0.29) is 5.69 Å². The summed E-state index contributed by atoms with van der Waals surface area (Å²) in [5, 5.41) is 0. The van der Waals surface area contributed by atoms with Gasteiger partial charge in [0.25, 0.3) is 0 Å². The molecule has 1 aromatic heterocycles. The van der Waals surface area contributed by atoms with Crippen molar-refractivity contribution in [2.75, 3.05) is 18.0 Å². The van der Waals surface area contributed by atoms with Crippen LogP contribution >= 0.6 is 0 Å². The molecule has 0 saturated carbocycles. The average Bonchev–Trinajstić information content (AvgIpc) is 2.58. The Labute approximate surface area is 136 Å². The second-order valence-electron chi connectivity index (χ2n) is 4.65. The SMILES string of the molecule is COC(=O)/C=C/c1ccncc1NNc1cccc(C(F)(F)F)c1. The van der Waals surface area contributed by atoms with Crippen LogP contribution in [0.2, 0.25) is 0 Å². The van der Waals surface area contributed by atoms with Gasteiger partial charge in [0.15, 0.2) is 0 Å². The lowest BCUT2D eigenvalue weighted by Crippen LogP contribution is -2.11. The average molecular weight is 337 g/mol. The number of methoxy groups -OCH3 is 1. The van der Waals surface area contributed by atoms with Gasteiger partial charge in [-0.2, -0.15) is 13.2 Å². The first-order valence-electron chi connectivity index (χ1n) is 6.79. The minimum atomic E-state index is -4.42. The quantitative estimate of drug-likeness (QED) is 0.494. The number of carbonyl (C=O) groups excluding carboxylic acids is 1. The highest BCUT2D eigenvalue weighted by molar-refractivity contribution is 5.88. The van der Waals surface area contributed by atoms with E-state index < -0.39 is 17.7 Å². The summed E-state index contributed by atoms with van der Waals surface area (Å²) in [4.78, 5) is 15.1. The normalized spacial score (nSPS) is 11.3. The molecule has 0 fully saturated rings. The number of nitrogens with one attached hydrogen (secondary N) is 2. The van der Waals surface area contributed by atoms with Gasteiger partial charge in [-0.05, 0) is 30.3 Å². The zero-order valence-corrected chi connectivity index (χ0v) is 12.6. The standard InChI is InChI=1S/C16H14F3N3O2/c1-24-15(23)6-5-11-7-8-20-10-14(11)22-21-13-4-2-3-12(9-13)16(17,18)19/h2-10,21-22H,1H3/b6-5+. The molecule has 24 heavy (non-hydrogen) atoms. The number of alkyl halides is 3. The van der Waals surface area contributed by atoms with Gasteiger partial charge in [-0.25, -0.2) is 4.79 Å². The van der Waals surface area contributed by atoms with Gasteiger partial charge in [0.2, 0.25) is 0 Å². The van der Waals surface area contributed by atoms with Crippen LogP contribution in [-0.2, 0) is 15.7 Å². The molecule has 0 saturated heterocycles. The summed E-state index contributed by atoms with van der Waals surface area (Å²) in [6.45, 7) is 0. The van der Waals surface area contributed by atoms with Crippen molar-refractivity contribution < 1.29 is 22.7 Å². The maximum absolute atomic E-state index is 12.7.